The summed E-state index contributed by atoms with van der Waals surface area (Å²) in [5.41, 5.74) is 0. The van der Waals surface area contributed by atoms with Crippen LogP contribution in [0.1, 0.15) is 19.7 Å². The van der Waals surface area contributed by atoms with E-state index in [4.69, 9.17) is 0 Å². The number of sulfonamides is 1. The third kappa shape index (κ3) is 3.42. The summed E-state index contributed by atoms with van der Waals surface area (Å²) in [5.74, 6) is 1.16. The fourth-order valence-corrected chi connectivity index (χ4v) is 2.58. The van der Waals surface area contributed by atoms with Gasteiger partial charge in [-0.1, -0.05) is 13.8 Å². The highest BCUT2D eigenvalue weighted by atomic mass is 32.2. The van der Waals surface area contributed by atoms with Crippen molar-refractivity contribution in [2.45, 2.75) is 32.0 Å². The SMILES string of the molecule is CC(C)Cn1ccnc1CNS(=O)(=O)c1cnc[nH]1. The predicted octanol–water partition coefficient (Wildman–Crippen LogP) is 0.741. The van der Waals surface area contributed by atoms with Crippen LogP contribution in [-0.2, 0) is 23.1 Å². The Balaban J connectivity index is 2.05. The fraction of sp³-hybridized carbons (Fsp3) is 0.455. The zero-order chi connectivity index (χ0) is 13.9. The van der Waals surface area contributed by atoms with E-state index in [1.54, 1.807) is 6.20 Å². The van der Waals surface area contributed by atoms with Crippen LogP contribution in [0, 0.1) is 5.92 Å². The summed E-state index contributed by atoms with van der Waals surface area (Å²) in [7, 11) is -3.56. The molecule has 104 valence electrons. The molecule has 0 aromatic carbocycles. The Morgan fingerprint density at radius 2 is 2.26 bits per heavy atom. The third-order valence-corrected chi connectivity index (χ3v) is 3.87. The molecule has 8 heteroatoms. The second-order valence-electron chi connectivity index (χ2n) is 4.63. The van der Waals surface area contributed by atoms with Gasteiger partial charge in [-0.3, -0.25) is 0 Å². The van der Waals surface area contributed by atoms with Gasteiger partial charge in [0, 0.05) is 18.9 Å². The minimum Gasteiger partial charge on any atom is -0.335 e. The maximum absolute atomic E-state index is 11.9. The van der Waals surface area contributed by atoms with E-state index in [9.17, 15) is 8.42 Å². The summed E-state index contributed by atoms with van der Waals surface area (Å²) in [6.07, 6.45) is 6.11. The lowest BCUT2D eigenvalue weighted by Crippen LogP contribution is -2.25. The molecule has 0 fully saturated rings. The number of nitrogens with one attached hydrogen (secondary N) is 2. The summed E-state index contributed by atoms with van der Waals surface area (Å²) in [5, 5.41) is 0.0504. The molecule has 0 aliphatic rings. The Hall–Kier alpha value is -1.67. The number of aromatic nitrogens is 4. The van der Waals surface area contributed by atoms with E-state index < -0.39 is 10.0 Å². The largest absolute Gasteiger partial charge is 0.335 e. The first-order valence-corrected chi connectivity index (χ1v) is 7.45. The minimum atomic E-state index is -3.56. The van der Waals surface area contributed by atoms with E-state index in [1.807, 2.05) is 10.8 Å². The summed E-state index contributed by atoms with van der Waals surface area (Å²) >= 11 is 0. The van der Waals surface area contributed by atoms with Gasteiger partial charge in [0.05, 0.1) is 19.1 Å². The van der Waals surface area contributed by atoms with Gasteiger partial charge in [0.15, 0.2) is 5.03 Å². The molecule has 0 unspecified atom stereocenters. The zero-order valence-corrected chi connectivity index (χ0v) is 11.7. The molecule has 0 amide bonds. The zero-order valence-electron chi connectivity index (χ0n) is 10.9. The highest BCUT2D eigenvalue weighted by molar-refractivity contribution is 7.89. The number of nitrogens with zero attached hydrogens (tertiary/aromatic N) is 3. The monoisotopic (exact) mass is 283 g/mol. The van der Waals surface area contributed by atoms with Crippen LogP contribution in [0.4, 0.5) is 0 Å². The third-order valence-electron chi connectivity index (χ3n) is 2.55. The molecule has 0 bridgehead atoms. The molecule has 0 aliphatic carbocycles. The average molecular weight is 283 g/mol. The van der Waals surface area contributed by atoms with Gasteiger partial charge in [-0.25, -0.2) is 23.1 Å². The second-order valence-corrected chi connectivity index (χ2v) is 6.37. The van der Waals surface area contributed by atoms with Gasteiger partial charge in [-0.05, 0) is 5.92 Å². The molecule has 0 saturated carbocycles. The van der Waals surface area contributed by atoms with Crippen molar-refractivity contribution in [3.05, 3.63) is 30.7 Å². The molecule has 0 saturated heterocycles. The number of hydrogen-bond donors (Lipinski definition) is 2. The molecule has 7 nitrogen and oxygen atoms in total. The Morgan fingerprint density at radius 1 is 1.47 bits per heavy atom. The first kappa shape index (κ1) is 13.8. The lowest BCUT2D eigenvalue weighted by Gasteiger charge is -2.10. The molecule has 2 aromatic heterocycles. The summed E-state index contributed by atoms with van der Waals surface area (Å²) in [6, 6.07) is 0. The van der Waals surface area contributed by atoms with E-state index >= 15 is 0 Å². The summed E-state index contributed by atoms with van der Waals surface area (Å²) < 4.78 is 28.2. The van der Waals surface area contributed by atoms with Gasteiger partial charge in [0.25, 0.3) is 10.0 Å². The molecule has 2 aromatic rings. The van der Waals surface area contributed by atoms with Gasteiger partial charge in [-0.15, -0.1) is 0 Å². The first-order valence-electron chi connectivity index (χ1n) is 5.97. The van der Waals surface area contributed by atoms with Gasteiger partial charge in [0.2, 0.25) is 0 Å². The Labute approximate surface area is 112 Å². The van der Waals surface area contributed by atoms with Gasteiger partial charge in [0.1, 0.15) is 5.82 Å². The van der Waals surface area contributed by atoms with Crippen molar-refractivity contribution in [1.82, 2.24) is 24.2 Å². The molecule has 19 heavy (non-hydrogen) atoms. The lowest BCUT2D eigenvalue weighted by molar-refractivity contribution is 0.502. The van der Waals surface area contributed by atoms with E-state index in [-0.39, 0.29) is 11.6 Å². The van der Waals surface area contributed by atoms with Crippen molar-refractivity contribution < 1.29 is 8.42 Å². The lowest BCUT2D eigenvalue weighted by atomic mass is 10.2. The van der Waals surface area contributed by atoms with Crippen LogP contribution in [-0.4, -0.2) is 27.9 Å². The Morgan fingerprint density at radius 3 is 2.89 bits per heavy atom. The molecule has 0 radical (unpaired) electrons. The van der Waals surface area contributed by atoms with Gasteiger partial charge in [-0.2, -0.15) is 0 Å². The summed E-state index contributed by atoms with van der Waals surface area (Å²) in [6.45, 7) is 5.15. The van der Waals surface area contributed by atoms with Crippen molar-refractivity contribution in [1.29, 1.82) is 0 Å². The number of hydrogen-bond acceptors (Lipinski definition) is 4. The van der Waals surface area contributed by atoms with Crippen LogP contribution in [0.15, 0.2) is 29.9 Å². The topological polar surface area (TPSA) is 92.7 Å². The van der Waals surface area contributed by atoms with Crippen LogP contribution < -0.4 is 4.72 Å². The number of imidazole rings is 2. The van der Waals surface area contributed by atoms with E-state index in [0.717, 1.165) is 6.54 Å². The number of H-pyrrole nitrogens is 1. The van der Waals surface area contributed by atoms with E-state index in [1.165, 1.54) is 12.5 Å². The second kappa shape index (κ2) is 5.54. The standard InChI is InChI=1S/C11H17N5O2S/c1-9(2)7-16-4-3-13-10(16)5-15-19(17,18)11-6-12-8-14-11/h3-4,6,8-9,15H,5,7H2,1-2H3,(H,12,14). The average Bonchev–Trinajstić information content (AvgIpc) is 2.96. The first-order chi connectivity index (χ1) is 8.99. The maximum Gasteiger partial charge on any atom is 0.258 e. The normalized spacial score (nSPS) is 12.2. The molecular formula is C11H17N5O2S. The van der Waals surface area contributed by atoms with Crippen molar-refractivity contribution in [2.24, 2.45) is 5.92 Å². The van der Waals surface area contributed by atoms with Crippen molar-refractivity contribution in [3.63, 3.8) is 0 Å². The maximum atomic E-state index is 11.9. The quantitative estimate of drug-likeness (QED) is 0.817. The van der Waals surface area contributed by atoms with E-state index in [0.29, 0.717) is 11.7 Å². The van der Waals surface area contributed by atoms with Crippen molar-refractivity contribution >= 4 is 10.0 Å². The van der Waals surface area contributed by atoms with Gasteiger partial charge >= 0.3 is 0 Å². The molecule has 0 atom stereocenters. The Kier molecular flexibility index (Phi) is 4.01. The molecule has 2 N–H and O–H groups in total. The molecule has 0 aliphatic heterocycles. The minimum absolute atomic E-state index is 0.0504. The molecule has 0 spiro atoms. The van der Waals surface area contributed by atoms with Gasteiger partial charge < -0.3 is 9.55 Å². The molecule has 2 rings (SSSR count). The summed E-state index contributed by atoms with van der Waals surface area (Å²) in [4.78, 5) is 10.4. The molecule has 2 heterocycles. The fourth-order valence-electron chi connectivity index (χ4n) is 1.69. The highest BCUT2D eigenvalue weighted by Gasteiger charge is 2.16. The number of aromatic amines is 1. The van der Waals surface area contributed by atoms with Crippen LogP contribution in [0.5, 0.6) is 0 Å². The van der Waals surface area contributed by atoms with Crippen molar-refractivity contribution in [3.8, 4) is 0 Å². The van der Waals surface area contributed by atoms with E-state index in [2.05, 4.69) is 33.5 Å². The van der Waals surface area contributed by atoms with Crippen LogP contribution >= 0.6 is 0 Å². The van der Waals surface area contributed by atoms with Crippen LogP contribution in [0.25, 0.3) is 0 Å². The Bertz CT molecular complexity index is 615. The van der Waals surface area contributed by atoms with Crippen LogP contribution in [0.2, 0.25) is 0 Å². The molecular weight excluding hydrogens is 266 g/mol. The van der Waals surface area contributed by atoms with Crippen molar-refractivity contribution in [2.75, 3.05) is 0 Å². The van der Waals surface area contributed by atoms with Crippen LogP contribution in [0.3, 0.4) is 0 Å². The number of rotatable bonds is 6. The smallest absolute Gasteiger partial charge is 0.258 e. The highest BCUT2D eigenvalue weighted by Crippen LogP contribution is 2.06. The predicted molar refractivity (Wildman–Crippen MR) is 69.7 cm³/mol.